The van der Waals surface area contributed by atoms with Crippen molar-refractivity contribution in [3.8, 4) is 5.75 Å². The van der Waals surface area contributed by atoms with E-state index in [2.05, 4.69) is 20.8 Å². The first kappa shape index (κ1) is 20.5. The maximum absolute atomic E-state index is 12.2. The summed E-state index contributed by atoms with van der Waals surface area (Å²) < 4.78 is 5.12. The molecule has 0 spiro atoms. The molecule has 0 atom stereocenters. The van der Waals surface area contributed by atoms with E-state index in [9.17, 15) is 9.59 Å². The first-order chi connectivity index (χ1) is 14.0. The van der Waals surface area contributed by atoms with Crippen molar-refractivity contribution in [1.82, 2.24) is 15.5 Å². The predicted molar refractivity (Wildman–Crippen MR) is 112 cm³/mol. The molecule has 3 aromatic rings. The van der Waals surface area contributed by atoms with Gasteiger partial charge < -0.3 is 15.4 Å². The summed E-state index contributed by atoms with van der Waals surface area (Å²) in [6.07, 6.45) is 0.812. The number of methoxy groups -OCH3 is 1. The zero-order chi connectivity index (χ0) is 20.6. The van der Waals surface area contributed by atoms with Gasteiger partial charge in [-0.1, -0.05) is 47.2 Å². The summed E-state index contributed by atoms with van der Waals surface area (Å²) in [5, 5.41) is 14.9. The molecule has 0 radical (unpaired) electrons. The van der Waals surface area contributed by atoms with Crippen LogP contribution >= 0.6 is 11.3 Å². The monoisotopic (exact) mass is 410 g/mol. The van der Waals surface area contributed by atoms with Crippen molar-refractivity contribution in [3.63, 3.8) is 0 Å². The van der Waals surface area contributed by atoms with Gasteiger partial charge in [0.05, 0.1) is 13.5 Å². The van der Waals surface area contributed by atoms with Crippen LogP contribution in [0.4, 0.5) is 5.13 Å². The van der Waals surface area contributed by atoms with Gasteiger partial charge in [0.1, 0.15) is 10.8 Å². The molecule has 0 unspecified atom stereocenters. The van der Waals surface area contributed by atoms with Crippen LogP contribution in [-0.2, 0) is 17.6 Å². The first-order valence-corrected chi connectivity index (χ1v) is 9.95. The quantitative estimate of drug-likeness (QED) is 0.595. The molecule has 0 aliphatic rings. The molecule has 150 valence electrons. The van der Waals surface area contributed by atoms with E-state index in [-0.39, 0.29) is 18.2 Å². The van der Waals surface area contributed by atoms with Gasteiger partial charge >= 0.3 is 0 Å². The molecule has 29 heavy (non-hydrogen) atoms. The average molecular weight is 410 g/mol. The molecule has 1 heterocycles. The van der Waals surface area contributed by atoms with Crippen LogP contribution in [0, 0.1) is 6.92 Å². The topological polar surface area (TPSA) is 93.2 Å². The third kappa shape index (κ3) is 6.11. The third-order valence-corrected chi connectivity index (χ3v) is 5.05. The van der Waals surface area contributed by atoms with Crippen molar-refractivity contribution >= 4 is 28.3 Å². The highest BCUT2D eigenvalue weighted by atomic mass is 32.1. The summed E-state index contributed by atoms with van der Waals surface area (Å²) in [5.41, 5.74) is 2.63. The normalized spacial score (nSPS) is 10.4. The van der Waals surface area contributed by atoms with Crippen molar-refractivity contribution < 1.29 is 14.3 Å². The Bertz CT molecular complexity index is 986. The molecule has 2 amide bonds. The minimum absolute atomic E-state index is 0.136. The zero-order valence-corrected chi connectivity index (χ0v) is 17.1. The fourth-order valence-electron chi connectivity index (χ4n) is 2.61. The standard InChI is InChI=1S/C21H22N4O3S/c1-14-6-8-15(9-7-14)12-18(26)23-21-25-24-19(29-21)10-11-22-20(27)16-4-3-5-17(13-16)28-2/h3-9,13H,10-12H2,1-2H3,(H,22,27)(H,23,25,26). The smallest absolute Gasteiger partial charge is 0.251 e. The number of anilines is 1. The Morgan fingerprint density at radius 1 is 1.10 bits per heavy atom. The maximum atomic E-state index is 12.2. The van der Waals surface area contributed by atoms with Gasteiger partial charge in [-0.15, -0.1) is 10.2 Å². The number of hydrogen-bond acceptors (Lipinski definition) is 6. The Kier molecular flexibility index (Phi) is 6.91. The van der Waals surface area contributed by atoms with Gasteiger partial charge in [0, 0.05) is 18.5 Å². The van der Waals surface area contributed by atoms with E-state index in [1.54, 1.807) is 31.4 Å². The summed E-state index contributed by atoms with van der Waals surface area (Å²) in [5.74, 6) is 0.315. The molecule has 2 aromatic carbocycles. The molecule has 0 saturated carbocycles. The van der Waals surface area contributed by atoms with Gasteiger partial charge in [0.2, 0.25) is 11.0 Å². The zero-order valence-electron chi connectivity index (χ0n) is 16.3. The molecule has 0 aliphatic carbocycles. The van der Waals surface area contributed by atoms with E-state index < -0.39 is 0 Å². The summed E-state index contributed by atoms with van der Waals surface area (Å²) >= 11 is 1.30. The van der Waals surface area contributed by atoms with Crippen LogP contribution in [0.1, 0.15) is 26.5 Å². The average Bonchev–Trinajstić information content (AvgIpc) is 3.16. The summed E-state index contributed by atoms with van der Waals surface area (Å²) in [6, 6.07) is 14.8. The second-order valence-electron chi connectivity index (χ2n) is 6.45. The van der Waals surface area contributed by atoms with Crippen molar-refractivity contribution in [2.24, 2.45) is 0 Å². The van der Waals surface area contributed by atoms with Crippen LogP contribution in [-0.4, -0.2) is 35.7 Å². The molecule has 0 saturated heterocycles. The lowest BCUT2D eigenvalue weighted by atomic mass is 10.1. The Balaban J connectivity index is 1.45. The number of nitrogens with one attached hydrogen (secondary N) is 2. The van der Waals surface area contributed by atoms with E-state index in [0.717, 1.165) is 16.1 Å². The number of ether oxygens (including phenoxy) is 1. The molecule has 0 aliphatic heterocycles. The Morgan fingerprint density at radius 2 is 1.90 bits per heavy atom. The Labute approximate surface area is 173 Å². The van der Waals surface area contributed by atoms with Crippen LogP contribution in [0.25, 0.3) is 0 Å². The van der Waals surface area contributed by atoms with E-state index in [1.165, 1.54) is 11.3 Å². The second kappa shape index (κ2) is 9.79. The fourth-order valence-corrected chi connectivity index (χ4v) is 3.36. The number of rotatable bonds is 8. The van der Waals surface area contributed by atoms with Gasteiger partial charge in [-0.2, -0.15) is 0 Å². The summed E-state index contributed by atoms with van der Waals surface area (Å²) in [6.45, 7) is 2.42. The number of aromatic nitrogens is 2. The van der Waals surface area contributed by atoms with Gasteiger partial charge in [-0.05, 0) is 30.7 Å². The molecule has 0 bridgehead atoms. The largest absolute Gasteiger partial charge is 0.497 e. The SMILES string of the molecule is COc1cccc(C(=O)NCCc2nnc(NC(=O)Cc3ccc(C)cc3)s2)c1. The highest BCUT2D eigenvalue weighted by Gasteiger charge is 2.10. The summed E-state index contributed by atoms with van der Waals surface area (Å²) in [7, 11) is 1.56. The number of benzene rings is 2. The van der Waals surface area contributed by atoms with E-state index in [4.69, 9.17) is 4.74 Å². The number of nitrogens with zero attached hydrogens (tertiary/aromatic N) is 2. The predicted octanol–water partition coefficient (Wildman–Crippen LogP) is 3.01. The highest BCUT2D eigenvalue weighted by molar-refractivity contribution is 7.15. The van der Waals surface area contributed by atoms with Crippen molar-refractivity contribution in [3.05, 3.63) is 70.2 Å². The van der Waals surface area contributed by atoms with Crippen LogP contribution in [0.2, 0.25) is 0 Å². The lowest BCUT2D eigenvalue weighted by molar-refractivity contribution is -0.115. The molecule has 1 aromatic heterocycles. The van der Waals surface area contributed by atoms with Crippen LogP contribution in [0.3, 0.4) is 0 Å². The van der Waals surface area contributed by atoms with Gasteiger partial charge in [-0.3, -0.25) is 9.59 Å². The Hall–Kier alpha value is -3.26. The first-order valence-electron chi connectivity index (χ1n) is 9.13. The van der Waals surface area contributed by atoms with Crippen LogP contribution in [0.5, 0.6) is 5.75 Å². The van der Waals surface area contributed by atoms with Crippen LogP contribution in [0.15, 0.2) is 48.5 Å². The van der Waals surface area contributed by atoms with Gasteiger partial charge in [0.15, 0.2) is 0 Å². The van der Waals surface area contributed by atoms with Gasteiger partial charge in [0.25, 0.3) is 5.91 Å². The van der Waals surface area contributed by atoms with Gasteiger partial charge in [-0.25, -0.2) is 0 Å². The molecule has 2 N–H and O–H groups in total. The van der Waals surface area contributed by atoms with Crippen molar-refractivity contribution in [1.29, 1.82) is 0 Å². The van der Waals surface area contributed by atoms with E-state index >= 15 is 0 Å². The number of hydrogen-bond donors (Lipinski definition) is 2. The van der Waals surface area contributed by atoms with E-state index in [0.29, 0.717) is 29.4 Å². The van der Waals surface area contributed by atoms with Crippen molar-refractivity contribution in [2.45, 2.75) is 19.8 Å². The highest BCUT2D eigenvalue weighted by Crippen LogP contribution is 2.16. The maximum Gasteiger partial charge on any atom is 0.251 e. The molecular weight excluding hydrogens is 388 g/mol. The minimum atomic E-state index is -0.181. The van der Waals surface area contributed by atoms with Crippen molar-refractivity contribution in [2.75, 3.05) is 19.0 Å². The molecule has 8 heteroatoms. The lowest BCUT2D eigenvalue weighted by Gasteiger charge is -2.05. The van der Waals surface area contributed by atoms with Crippen LogP contribution < -0.4 is 15.4 Å². The Morgan fingerprint density at radius 3 is 2.66 bits per heavy atom. The second-order valence-corrected chi connectivity index (χ2v) is 7.51. The third-order valence-electron chi connectivity index (χ3n) is 4.15. The number of aryl methyl sites for hydroxylation is 1. The number of amides is 2. The lowest BCUT2D eigenvalue weighted by Crippen LogP contribution is -2.25. The molecule has 3 rings (SSSR count). The minimum Gasteiger partial charge on any atom is -0.497 e. The summed E-state index contributed by atoms with van der Waals surface area (Å²) in [4.78, 5) is 24.3. The van der Waals surface area contributed by atoms with E-state index in [1.807, 2.05) is 31.2 Å². The number of carbonyl (C=O) groups excluding carboxylic acids is 2. The fraction of sp³-hybridized carbons (Fsp3) is 0.238. The molecule has 7 nitrogen and oxygen atoms in total. The molecular formula is C21H22N4O3S. The number of carbonyl (C=O) groups is 2. The molecule has 0 fully saturated rings.